The molecule has 0 atom stereocenters. The van der Waals surface area contributed by atoms with E-state index in [0.717, 1.165) is 69.1 Å². The number of aromatic nitrogens is 3. The van der Waals surface area contributed by atoms with Crippen LogP contribution in [-0.2, 0) is 6.54 Å². The van der Waals surface area contributed by atoms with Crippen LogP contribution in [0.1, 0.15) is 23.8 Å². The van der Waals surface area contributed by atoms with E-state index >= 15 is 0 Å². The molecular weight excluding hydrogens is 483 g/mol. The van der Waals surface area contributed by atoms with Crippen molar-refractivity contribution in [1.82, 2.24) is 30.5 Å². The highest BCUT2D eigenvalue weighted by Gasteiger charge is 2.18. The summed E-state index contributed by atoms with van der Waals surface area (Å²) in [4.78, 5) is 22.0. The van der Waals surface area contributed by atoms with Gasteiger partial charge in [0.25, 0.3) is 0 Å². The lowest BCUT2D eigenvalue weighted by atomic mass is 10.3. The first-order chi connectivity index (χ1) is 13.7. The van der Waals surface area contributed by atoms with Gasteiger partial charge in [0.2, 0.25) is 11.8 Å². The van der Waals surface area contributed by atoms with Gasteiger partial charge < -0.3 is 20.0 Å². The van der Waals surface area contributed by atoms with Crippen molar-refractivity contribution in [1.29, 1.82) is 0 Å². The molecule has 0 saturated carbocycles. The largest absolute Gasteiger partial charge is 0.444 e. The Morgan fingerprint density at radius 3 is 2.48 bits per heavy atom. The number of rotatable bonds is 7. The number of hydrogen-bond acceptors (Lipinski definition) is 7. The summed E-state index contributed by atoms with van der Waals surface area (Å²) in [5.74, 6) is 3.13. The highest BCUT2D eigenvalue weighted by Crippen LogP contribution is 2.10. The maximum atomic E-state index is 5.58. The molecule has 2 aromatic heterocycles. The molecule has 0 unspecified atom stereocenters. The molecule has 29 heavy (non-hydrogen) atoms. The summed E-state index contributed by atoms with van der Waals surface area (Å²) >= 11 is 0. The summed E-state index contributed by atoms with van der Waals surface area (Å²) in [6.07, 6.45) is 4.65. The molecule has 0 aliphatic carbocycles. The van der Waals surface area contributed by atoms with Gasteiger partial charge in [0.1, 0.15) is 5.76 Å². The minimum absolute atomic E-state index is 0. The second-order valence-electron chi connectivity index (χ2n) is 6.83. The number of aryl methyl sites for hydroxylation is 2. The number of hydrogen-bond donors (Lipinski definition) is 2. The smallest absolute Gasteiger partial charge is 0.225 e. The summed E-state index contributed by atoms with van der Waals surface area (Å²) in [5.41, 5.74) is 0.929. The van der Waals surface area contributed by atoms with Crippen molar-refractivity contribution < 1.29 is 4.42 Å². The van der Waals surface area contributed by atoms with E-state index in [0.29, 0.717) is 12.4 Å². The van der Waals surface area contributed by atoms with Crippen LogP contribution in [0.5, 0.6) is 0 Å². The monoisotopic (exact) mass is 514 g/mol. The Morgan fingerprint density at radius 2 is 1.86 bits per heavy atom. The summed E-state index contributed by atoms with van der Waals surface area (Å²) in [7, 11) is 1.77. The fraction of sp³-hybridized carbons (Fsp3) is 0.579. The maximum Gasteiger partial charge on any atom is 0.225 e. The fourth-order valence-corrected chi connectivity index (χ4v) is 3.13. The van der Waals surface area contributed by atoms with Gasteiger partial charge >= 0.3 is 0 Å². The molecule has 1 saturated heterocycles. The second kappa shape index (κ2) is 11.9. The first kappa shape index (κ1) is 23.3. The van der Waals surface area contributed by atoms with Crippen molar-refractivity contribution >= 4 is 35.9 Å². The maximum absolute atomic E-state index is 5.58. The molecule has 0 aromatic carbocycles. The zero-order valence-corrected chi connectivity index (χ0v) is 19.7. The van der Waals surface area contributed by atoms with Gasteiger partial charge in [0.15, 0.2) is 5.96 Å². The lowest BCUT2D eigenvalue weighted by Crippen LogP contribution is -2.47. The third kappa shape index (κ3) is 7.11. The molecule has 2 aromatic rings. The molecule has 1 aliphatic rings. The molecule has 160 valence electrons. The second-order valence-corrected chi connectivity index (χ2v) is 6.83. The van der Waals surface area contributed by atoms with Crippen molar-refractivity contribution in [3.05, 3.63) is 35.8 Å². The van der Waals surface area contributed by atoms with Gasteiger partial charge in [-0.1, -0.05) is 0 Å². The Kier molecular flexibility index (Phi) is 9.58. The van der Waals surface area contributed by atoms with Crippen LogP contribution >= 0.6 is 24.0 Å². The molecule has 0 spiro atoms. The zero-order valence-electron chi connectivity index (χ0n) is 17.4. The Morgan fingerprint density at radius 1 is 1.14 bits per heavy atom. The Labute approximate surface area is 189 Å². The van der Waals surface area contributed by atoms with E-state index in [1.165, 1.54) is 0 Å². The van der Waals surface area contributed by atoms with Crippen LogP contribution in [0.15, 0.2) is 27.9 Å². The van der Waals surface area contributed by atoms with Crippen LogP contribution in [-0.4, -0.2) is 72.1 Å². The SMILES string of the molecule is CN=C(NCCCN1CCN(c2ncccn2)CC1)NCc1nc(C)c(C)o1.I. The van der Waals surface area contributed by atoms with Gasteiger partial charge in [-0.2, -0.15) is 0 Å². The molecule has 0 bridgehead atoms. The first-order valence-electron chi connectivity index (χ1n) is 9.77. The van der Waals surface area contributed by atoms with E-state index in [1.54, 1.807) is 19.4 Å². The number of nitrogens with one attached hydrogen (secondary N) is 2. The van der Waals surface area contributed by atoms with Gasteiger partial charge in [-0.05, 0) is 32.9 Å². The molecule has 2 N–H and O–H groups in total. The molecule has 1 aliphatic heterocycles. The fourth-order valence-electron chi connectivity index (χ4n) is 3.13. The van der Waals surface area contributed by atoms with E-state index < -0.39 is 0 Å². The number of guanidine groups is 1. The standard InChI is InChI=1S/C19H30N8O.HI/c1-15-16(2)28-17(25-15)14-24-18(20-3)21-8-5-9-26-10-12-27(13-11-26)19-22-6-4-7-23-19;/h4,6-7H,5,8-14H2,1-3H3,(H2,20,21,24);1H. The number of halogens is 1. The highest BCUT2D eigenvalue weighted by molar-refractivity contribution is 14.0. The van der Waals surface area contributed by atoms with Crippen LogP contribution in [0.4, 0.5) is 5.95 Å². The van der Waals surface area contributed by atoms with Gasteiger partial charge in [-0.3, -0.25) is 9.89 Å². The van der Waals surface area contributed by atoms with E-state index in [-0.39, 0.29) is 24.0 Å². The summed E-state index contributed by atoms with van der Waals surface area (Å²) in [6.45, 7) is 10.3. The van der Waals surface area contributed by atoms with Crippen LogP contribution in [0.25, 0.3) is 0 Å². The van der Waals surface area contributed by atoms with Crippen LogP contribution in [0.3, 0.4) is 0 Å². The van der Waals surface area contributed by atoms with E-state index in [1.807, 2.05) is 19.9 Å². The Hall–Kier alpha value is -1.95. The minimum Gasteiger partial charge on any atom is -0.444 e. The van der Waals surface area contributed by atoms with Gasteiger partial charge in [0, 0.05) is 52.2 Å². The quantitative estimate of drug-likeness (QED) is 0.249. The third-order valence-corrected chi connectivity index (χ3v) is 4.85. The number of nitrogens with zero attached hydrogens (tertiary/aromatic N) is 6. The molecule has 10 heteroatoms. The van der Waals surface area contributed by atoms with Crippen molar-refractivity contribution in [2.75, 3.05) is 51.2 Å². The lowest BCUT2D eigenvalue weighted by Gasteiger charge is -2.34. The summed E-state index contributed by atoms with van der Waals surface area (Å²) in [6, 6.07) is 1.85. The Balaban J connectivity index is 0.00000300. The average Bonchev–Trinajstić information content (AvgIpc) is 3.06. The average molecular weight is 514 g/mol. The molecule has 0 amide bonds. The topological polar surface area (TPSA) is 94.7 Å². The summed E-state index contributed by atoms with van der Waals surface area (Å²) < 4.78 is 5.58. The minimum atomic E-state index is 0. The van der Waals surface area contributed by atoms with Gasteiger partial charge in [-0.15, -0.1) is 24.0 Å². The molecule has 9 nitrogen and oxygen atoms in total. The van der Waals surface area contributed by atoms with E-state index in [2.05, 4.69) is 40.4 Å². The van der Waals surface area contributed by atoms with Gasteiger partial charge in [-0.25, -0.2) is 15.0 Å². The first-order valence-corrected chi connectivity index (χ1v) is 9.77. The molecular formula is C19H31IN8O. The van der Waals surface area contributed by atoms with E-state index in [9.17, 15) is 0 Å². The number of anilines is 1. The Bertz CT molecular complexity index is 739. The molecule has 0 radical (unpaired) electrons. The van der Waals surface area contributed by atoms with Gasteiger partial charge in [0.05, 0.1) is 12.2 Å². The van der Waals surface area contributed by atoms with Crippen molar-refractivity contribution in [2.24, 2.45) is 4.99 Å². The van der Waals surface area contributed by atoms with E-state index in [4.69, 9.17) is 4.42 Å². The van der Waals surface area contributed by atoms with Crippen molar-refractivity contribution in [3.63, 3.8) is 0 Å². The number of piperazine rings is 1. The summed E-state index contributed by atoms with van der Waals surface area (Å²) in [5, 5.41) is 6.58. The van der Waals surface area contributed by atoms with Crippen LogP contribution in [0.2, 0.25) is 0 Å². The normalized spacial score (nSPS) is 15.1. The van der Waals surface area contributed by atoms with Crippen LogP contribution in [0, 0.1) is 13.8 Å². The predicted octanol–water partition coefficient (Wildman–Crippen LogP) is 1.58. The number of oxazole rings is 1. The lowest BCUT2D eigenvalue weighted by molar-refractivity contribution is 0.254. The molecule has 3 heterocycles. The van der Waals surface area contributed by atoms with Crippen LogP contribution < -0.4 is 15.5 Å². The highest BCUT2D eigenvalue weighted by atomic mass is 127. The zero-order chi connectivity index (χ0) is 19.8. The number of aliphatic imine (C=N–C) groups is 1. The molecule has 3 rings (SSSR count). The third-order valence-electron chi connectivity index (χ3n) is 4.85. The van der Waals surface area contributed by atoms with Crippen molar-refractivity contribution in [3.8, 4) is 0 Å². The predicted molar refractivity (Wildman–Crippen MR) is 125 cm³/mol. The van der Waals surface area contributed by atoms with Crippen molar-refractivity contribution in [2.45, 2.75) is 26.8 Å². The molecule has 1 fully saturated rings.